The highest BCUT2D eigenvalue weighted by molar-refractivity contribution is 7.99. The molecule has 0 bridgehead atoms. The van der Waals surface area contributed by atoms with E-state index in [0.717, 1.165) is 29.3 Å². The van der Waals surface area contributed by atoms with E-state index in [-0.39, 0.29) is 5.69 Å². The Morgan fingerprint density at radius 3 is 2.30 bits per heavy atom. The maximum Gasteiger partial charge on any atom is 0.416 e. The topological polar surface area (TPSA) is 53.1 Å². The smallest absolute Gasteiger partial charge is 0.416 e. The number of halogens is 3. The van der Waals surface area contributed by atoms with E-state index in [4.69, 9.17) is 0 Å². The van der Waals surface area contributed by atoms with Crippen LogP contribution in [0.4, 0.5) is 13.2 Å². The van der Waals surface area contributed by atoms with Crippen molar-refractivity contribution in [2.45, 2.75) is 16.0 Å². The molecule has 0 aliphatic heterocycles. The molecule has 3 aromatic rings. The number of nitrogens with one attached hydrogen (secondary N) is 1. The monoisotopic (exact) mass is 337 g/mol. The molecular formula is C16H10F3NO2S. The number of fused-ring (bicyclic) bond motifs is 1. The molecule has 1 heterocycles. The second kappa shape index (κ2) is 5.66. The molecule has 2 aromatic carbocycles. The maximum atomic E-state index is 12.6. The molecule has 0 fully saturated rings. The molecule has 0 aliphatic carbocycles. The Morgan fingerprint density at radius 2 is 1.70 bits per heavy atom. The average molecular weight is 337 g/mol. The molecule has 23 heavy (non-hydrogen) atoms. The van der Waals surface area contributed by atoms with Gasteiger partial charge >= 0.3 is 12.1 Å². The molecule has 7 heteroatoms. The van der Waals surface area contributed by atoms with Gasteiger partial charge in [0.15, 0.2) is 0 Å². The van der Waals surface area contributed by atoms with Gasteiger partial charge in [0.05, 0.1) is 10.5 Å². The summed E-state index contributed by atoms with van der Waals surface area (Å²) >= 11 is 1.12. The highest BCUT2D eigenvalue weighted by Gasteiger charge is 2.30. The summed E-state index contributed by atoms with van der Waals surface area (Å²) in [5.41, 5.74) is -0.0466. The van der Waals surface area contributed by atoms with Gasteiger partial charge in [0.1, 0.15) is 5.69 Å². The van der Waals surface area contributed by atoms with Gasteiger partial charge in [-0.25, -0.2) is 4.79 Å². The van der Waals surface area contributed by atoms with Gasteiger partial charge in [-0.1, -0.05) is 30.0 Å². The summed E-state index contributed by atoms with van der Waals surface area (Å²) in [6, 6.07) is 11.7. The predicted octanol–water partition coefficient (Wildman–Crippen LogP) is 5.04. The van der Waals surface area contributed by atoms with Crippen LogP contribution in [0.2, 0.25) is 0 Å². The lowest BCUT2D eigenvalue weighted by molar-refractivity contribution is -0.137. The molecule has 1 aromatic heterocycles. The molecule has 0 aliphatic rings. The van der Waals surface area contributed by atoms with E-state index in [1.54, 1.807) is 24.3 Å². The molecule has 2 N–H and O–H groups in total. The molecule has 3 rings (SSSR count). The second-order valence-corrected chi connectivity index (χ2v) is 5.89. The minimum absolute atomic E-state index is 0.0242. The fourth-order valence-electron chi connectivity index (χ4n) is 2.20. The summed E-state index contributed by atoms with van der Waals surface area (Å²) in [5.74, 6) is -1.12. The largest absolute Gasteiger partial charge is 0.477 e. The second-order valence-electron chi connectivity index (χ2n) is 4.80. The highest BCUT2D eigenvalue weighted by Crippen LogP contribution is 2.38. The maximum absolute atomic E-state index is 12.6. The summed E-state index contributed by atoms with van der Waals surface area (Å²) in [5, 5.41) is 10.0. The summed E-state index contributed by atoms with van der Waals surface area (Å²) < 4.78 is 37.8. The fraction of sp³-hybridized carbons (Fsp3) is 0.0625. The lowest BCUT2D eigenvalue weighted by Crippen LogP contribution is -2.03. The first-order valence-electron chi connectivity index (χ1n) is 6.55. The van der Waals surface area contributed by atoms with Crippen LogP contribution in [0.25, 0.3) is 10.9 Å². The first-order valence-corrected chi connectivity index (χ1v) is 7.37. The molecule has 0 saturated heterocycles. The van der Waals surface area contributed by atoms with E-state index in [1.807, 2.05) is 0 Å². The zero-order valence-electron chi connectivity index (χ0n) is 11.5. The molecular weight excluding hydrogens is 327 g/mol. The predicted molar refractivity (Wildman–Crippen MR) is 80.8 cm³/mol. The average Bonchev–Trinajstić information content (AvgIpc) is 2.86. The SMILES string of the molecule is O=C(O)c1[nH]c2ccccc2c1Sc1ccc(C(F)(F)F)cc1. The first-order chi connectivity index (χ1) is 10.9. The number of hydrogen-bond donors (Lipinski definition) is 2. The molecule has 0 unspecified atom stereocenters. The van der Waals surface area contributed by atoms with Gasteiger partial charge < -0.3 is 10.1 Å². The van der Waals surface area contributed by atoms with Crippen LogP contribution >= 0.6 is 11.8 Å². The Balaban J connectivity index is 2.01. The Labute approximate surface area is 133 Å². The quantitative estimate of drug-likeness (QED) is 0.704. The van der Waals surface area contributed by atoms with Crippen molar-refractivity contribution in [2.24, 2.45) is 0 Å². The lowest BCUT2D eigenvalue weighted by atomic mass is 10.2. The van der Waals surface area contributed by atoms with E-state index in [9.17, 15) is 23.1 Å². The van der Waals surface area contributed by atoms with Gasteiger partial charge in [-0.05, 0) is 30.3 Å². The van der Waals surface area contributed by atoms with E-state index >= 15 is 0 Å². The normalized spacial score (nSPS) is 11.8. The van der Waals surface area contributed by atoms with E-state index in [2.05, 4.69) is 4.98 Å². The van der Waals surface area contributed by atoms with Crippen LogP contribution in [0.3, 0.4) is 0 Å². The number of rotatable bonds is 3. The van der Waals surface area contributed by atoms with Crippen molar-refractivity contribution in [3.05, 3.63) is 59.8 Å². The van der Waals surface area contributed by atoms with Crippen LogP contribution in [-0.2, 0) is 6.18 Å². The molecule has 0 amide bonds. The van der Waals surface area contributed by atoms with Crippen LogP contribution in [0.1, 0.15) is 16.1 Å². The van der Waals surface area contributed by atoms with Crippen LogP contribution in [0, 0.1) is 0 Å². The molecule has 0 saturated carbocycles. The standard InChI is InChI=1S/C16H10F3NO2S/c17-16(18,19)9-5-7-10(8-6-9)23-14-11-3-1-2-4-12(11)20-13(14)15(21)22/h1-8,20H,(H,21,22). The van der Waals surface area contributed by atoms with Crippen molar-refractivity contribution in [3.63, 3.8) is 0 Å². The molecule has 0 spiro atoms. The van der Waals surface area contributed by atoms with E-state index < -0.39 is 17.7 Å². The van der Waals surface area contributed by atoms with Crippen LogP contribution in [-0.4, -0.2) is 16.1 Å². The Kier molecular flexibility index (Phi) is 3.81. The number of H-pyrrole nitrogens is 1. The van der Waals surface area contributed by atoms with Crippen LogP contribution in [0.5, 0.6) is 0 Å². The Bertz CT molecular complexity index is 869. The van der Waals surface area contributed by atoms with Gasteiger partial charge in [0.25, 0.3) is 0 Å². The van der Waals surface area contributed by atoms with Crippen molar-refractivity contribution in [1.29, 1.82) is 0 Å². The number of para-hydroxylation sites is 1. The van der Waals surface area contributed by atoms with Crippen LogP contribution in [0.15, 0.2) is 58.3 Å². The first kappa shape index (κ1) is 15.5. The number of carboxylic acid groups (broad SMARTS) is 1. The zero-order valence-corrected chi connectivity index (χ0v) is 12.3. The van der Waals surface area contributed by atoms with Gasteiger partial charge in [0, 0.05) is 15.8 Å². The van der Waals surface area contributed by atoms with E-state index in [1.165, 1.54) is 12.1 Å². The summed E-state index contributed by atoms with van der Waals surface area (Å²) in [6.07, 6.45) is -4.39. The van der Waals surface area contributed by atoms with Crippen molar-refractivity contribution >= 4 is 28.6 Å². The van der Waals surface area contributed by atoms with Gasteiger partial charge in [0.2, 0.25) is 0 Å². The Hall–Kier alpha value is -2.41. The molecule has 118 valence electrons. The highest BCUT2D eigenvalue weighted by atomic mass is 32.2. The fourth-order valence-corrected chi connectivity index (χ4v) is 3.24. The van der Waals surface area contributed by atoms with Crippen molar-refractivity contribution in [3.8, 4) is 0 Å². The van der Waals surface area contributed by atoms with E-state index in [0.29, 0.717) is 15.3 Å². The number of alkyl halides is 3. The van der Waals surface area contributed by atoms with Gasteiger partial charge in [-0.15, -0.1) is 0 Å². The number of aromatic amines is 1. The van der Waals surface area contributed by atoms with Crippen molar-refractivity contribution < 1.29 is 23.1 Å². The number of carboxylic acids is 1. The lowest BCUT2D eigenvalue weighted by Gasteiger charge is -2.07. The van der Waals surface area contributed by atoms with Gasteiger partial charge in [-0.3, -0.25) is 0 Å². The van der Waals surface area contributed by atoms with Crippen molar-refractivity contribution in [1.82, 2.24) is 4.98 Å². The molecule has 3 nitrogen and oxygen atoms in total. The number of aromatic carboxylic acids is 1. The minimum atomic E-state index is -4.39. The summed E-state index contributed by atoms with van der Waals surface area (Å²) in [4.78, 5) is 15.2. The molecule has 0 radical (unpaired) electrons. The molecule has 0 atom stereocenters. The number of benzene rings is 2. The third kappa shape index (κ3) is 3.05. The number of hydrogen-bond acceptors (Lipinski definition) is 2. The minimum Gasteiger partial charge on any atom is -0.477 e. The number of carbonyl (C=O) groups is 1. The summed E-state index contributed by atoms with van der Waals surface area (Å²) in [7, 11) is 0. The number of aromatic nitrogens is 1. The van der Waals surface area contributed by atoms with Crippen LogP contribution < -0.4 is 0 Å². The van der Waals surface area contributed by atoms with Gasteiger partial charge in [-0.2, -0.15) is 13.2 Å². The third-order valence-electron chi connectivity index (χ3n) is 3.27. The Morgan fingerprint density at radius 1 is 1.04 bits per heavy atom. The third-order valence-corrected chi connectivity index (χ3v) is 4.41. The van der Waals surface area contributed by atoms with Crippen molar-refractivity contribution in [2.75, 3.05) is 0 Å². The summed E-state index contributed by atoms with van der Waals surface area (Å²) in [6.45, 7) is 0. The zero-order chi connectivity index (χ0) is 16.6.